The number of carbonyl (C=O) groups excluding carboxylic acids is 1. The van der Waals surface area contributed by atoms with E-state index >= 15 is 0 Å². The molecule has 0 unspecified atom stereocenters. The number of carbonyl (C=O) groups is 1. The average Bonchev–Trinajstić information content (AvgIpc) is 2.31. The molecule has 20 heavy (non-hydrogen) atoms. The van der Waals surface area contributed by atoms with E-state index < -0.39 is 5.60 Å². The summed E-state index contributed by atoms with van der Waals surface area (Å²) in [6, 6.07) is 1.80. The molecular weight excluding hydrogens is 254 g/mol. The lowest BCUT2D eigenvalue weighted by atomic mass is 9.98. The first-order valence-electron chi connectivity index (χ1n) is 6.87. The smallest absolute Gasteiger partial charge is 0.410 e. The molecule has 0 aliphatic carbocycles. The molecule has 1 aliphatic heterocycles. The molecule has 0 saturated carbocycles. The Bertz CT molecular complexity index is 510. The van der Waals surface area contributed by atoms with Crippen molar-refractivity contribution in [3.05, 3.63) is 29.9 Å². The summed E-state index contributed by atoms with van der Waals surface area (Å²) in [5.74, 6) is 0.758. The summed E-state index contributed by atoms with van der Waals surface area (Å²) in [5, 5.41) is 0. The van der Waals surface area contributed by atoms with Crippen LogP contribution in [0.1, 0.15) is 39.9 Å². The first kappa shape index (κ1) is 14.5. The zero-order chi connectivity index (χ0) is 14.8. The third-order valence-corrected chi connectivity index (χ3v) is 3.03. The van der Waals surface area contributed by atoms with Gasteiger partial charge in [-0.25, -0.2) is 14.8 Å². The van der Waals surface area contributed by atoms with Gasteiger partial charge in [0.1, 0.15) is 5.60 Å². The third kappa shape index (κ3) is 3.35. The molecule has 1 fully saturated rings. The van der Waals surface area contributed by atoms with Gasteiger partial charge in [-0.1, -0.05) is 6.92 Å². The number of ether oxygens (including phenoxy) is 1. The fraction of sp³-hybridized carbons (Fsp3) is 0.533. The first-order chi connectivity index (χ1) is 9.40. The minimum atomic E-state index is -0.452. The largest absolute Gasteiger partial charge is 0.444 e. The van der Waals surface area contributed by atoms with E-state index in [1.807, 2.05) is 20.8 Å². The van der Waals surface area contributed by atoms with Crippen molar-refractivity contribution in [2.75, 3.05) is 13.1 Å². The Morgan fingerprint density at radius 3 is 2.40 bits per heavy atom. The van der Waals surface area contributed by atoms with Crippen LogP contribution in [0.3, 0.4) is 0 Å². The molecule has 1 amide bonds. The molecule has 0 radical (unpaired) electrons. The fourth-order valence-corrected chi connectivity index (χ4v) is 2.08. The lowest BCUT2D eigenvalue weighted by Gasteiger charge is -2.36. The predicted molar refractivity (Wildman–Crippen MR) is 77.1 cm³/mol. The highest BCUT2D eigenvalue weighted by molar-refractivity contribution is 5.74. The highest BCUT2D eigenvalue weighted by Crippen LogP contribution is 2.27. The van der Waals surface area contributed by atoms with Crippen molar-refractivity contribution in [2.24, 2.45) is 0 Å². The molecule has 0 aromatic carbocycles. The summed E-state index contributed by atoms with van der Waals surface area (Å²) in [4.78, 5) is 22.1. The molecular formula is C15H21N3O2. The summed E-state index contributed by atoms with van der Waals surface area (Å²) in [6.07, 6.45) is 4.08. The summed E-state index contributed by atoms with van der Waals surface area (Å²) in [5.41, 5.74) is 1.89. The average molecular weight is 275 g/mol. The highest BCUT2D eigenvalue weighted by Gasteiger charge is 2.31. The zero-order valence-electron chi connectivity index (χ0n) is 12.5. The maximum atomic E-state index is 11.9. The van der Waals surface area contributed by atoms with Crippen LogP contribution in [0.15, 0.2) is 24.0 Å². The molecule has 1 aromatic heterocycles. The second-order valence-electron chi connectivity index (χ2n) is 5.84. The Kier molecular flexibility index (Phi) is 4.06. The van der Waals surface area contributed by atoms with Crippen molar-refractivity contribution < 1.29 is 9.53 Å². The van der Waals surface area contributed by atoms with Crippen molar-refractivity contribution in [2.45, 2.75) is 39.7 Å². The van der Waals surface area contributed by atoms with E-state index in [4.69, 9.17) is 4.74 Å². The molecule has 0 spiro atoms. The minimum Gasteiger partial charge on any atom is -0.444 e. The zero-order valence-corrected chi connectivity index (χ0v) is 12.5. The molecule has 5 heteroatoms. The van der Waals surface area contributed by atoms with Crippen LogP contribution in [0.25, 0.3) is 5.57 Å². The number of nitrogens with zero attached hydrogens (tertiary/aromatic N) is 3. The van der Waals surface area contributed by atoms with Crippen LogP contribution in [0.4, 0.5) is 4.79 Å². The molecule has 0 bridgehead atoms. The number of hydrogen-bond donors (Lipinski definition) is 0. The topological polar surface area (TPSA) is 55.3 Å². The van der Waals surface area contributed by atoms with Gasteiger partial charge < -0.3 is 9.64 Å². The van der Waals surface area contributed by atoms with Crippen LogP contribution < -0.4 is 0 Å². The Balaban J connectivity index is 2.04. The van der Waals surface area contributed by atoms with Crippen molar-refractivity contribution in [1.82, 2.24) is 14.9 Å². The second kappa shape index (κ2) is 5.61. The van der Waals surface area contributed by atoms with E-state index in [-0.39, 0.29) is 6.09 Å². The van der Waals surface area contributed by atoms with Gasteiger partial charge in [0.25, 0.3) is 0 Å². The maximum Gasteiger partial charge on any atom is 0.410 e. The number of aromatic nitrogens is 2. The molecule has 0 atom stereocenters. The van der Waals surface area contributed by atoms with E-state index in [0.29, 0.717) is 13.1 Å². The van der Waals surface area contributed by atoms with Gasteiger partial charge in [-0.2, -0.15) is 0 Å². The van der Waals surface area contributed by atoms with Gasteiger partial charge in [0.15, 0.2) is 5.82 Å². The Morgan fingerprint density at radius 2 is 1.90 bits per heavy atom. The van der Waals surface area contributed by atoms with Gasteiger partial charge >= 0.3 is 6.09 Å². The number of hydrogen-bond acceptors (Lipinski definition) is 4. The van der Waals surface area contributed by atoms with Crippen LogP contribution >= 0.6 is 0 Å². The van der Waals surface area contributed by atoms with Gasteiger partial charge in [0.05, 0.1) is 0 Å². The molecule has 1 saturated heterocycles. The Morgan fingerprint density at radius 1 is 1.30 bits per heavy atom. The van der Waals surface area contributed by atoms with E-state index in [1.165, 1.54) is 5.57 Å². The number of rotatable bonds is 2. The quantitative estimate of drug-likeness (QED) is 0.832. The fourth-order valence-electron chi connectivity index (χ4n) is 2.08. The lowest BCUT2D eigenvalue weighted by Crippen LogP contribution is -2.47. The van der Waals surface area contributed by atoms with E-state index in [9.17, 15) is 4.79 Å². The van der Waals surface area contributed by atoms with Crippen molar-refractivity contribution in [3.8, 4) is 0 Å². The van der Waals surface area contributed by atoms with E-state index in [2.05, 4.69) is 16.9 Å². The van der Waals surface area contributed by atoms with Crippen molar-refractivity contribution >= 4 is 11.7 Å². The van der Waals surface area contributed by atoms with Crippen LogP contribution in [-0.2, 0) is 4.74 Å². The minimum absolute atomic E-state index is 0.259. The highest BCUT2D eigenvalue weighted by atomic mass is 16.6. The lowest BCUT2D eigenvalue weighted by molar-refractivity contribution is 0.0215. The molecule has 0 N–H and O–H groups in total. The van der Waals surface area contributed by atoms with Crippen molar-refractivity contribution in [1.29, 1.82) is 0 Å². The Hall–Kier alpha value is -1.91. The second-order valence-corrected chi connectivity index (χ2v) is 5.84. The summed E-state index contributed by atoms with van der Waals surface area (Å²) in [7, 11) is 0. The SMILES string of the molecule is CCC(=C1CN(C(=O)OC(C)(C)C)C1)c1ncccn1. The number of allylic oxidation sites excluding steroid dienone is 1. The Labute approximate surface area is 119 Å². The van der Waals surface area contributed by atoms with Crippen LogP contribution in [0.5, 0.6) is 0 Å². The van der Waals surface area contributed by atoms with Gasteiger partial charge in [-0.05, 0) is 44.4 Å². The summed E-state index contributed by atoms with van der Waals surface area (Å²) >= 11 is 0. The molecule has 2 heterocycles. The van der Waals surface area contributed by atoms with Gasteiger partial charge in [-0.3, -0.25) is 0 Å². The van der Waals surface area contributed by atoms with Gasteiger partial charge in [-0.15, -0.1) is 0 Å². The first-order valence-corrected chi connectivity index (χ1v) is 6.87. The summed E-state index contributed by atoms with van der Waals surface area (Å²) in [6.45, 7) is 8.91. The number of likely N-dealkylation sites (tertiary alicyclic amines) is 1. The van der Waals surface area contributed by atoms with E-state index in [1.54, 1.807) is 23.4 Å². The number of amides is 1. The van der Waals surface area contributed by atoms with Gasteiger partial charge in [0, 0.05) is 25.5 Å². The maximum absolute atomic E-state index is 11.9. The standard InChI is InChI=1S/C15H21N3O2/c1-5-12(13-16-7-6-8-17-13)11-9-18(10-11)14(19)20-15(2,3)4/h6-8H,5,9-10H2,1-4H3. The van der Waals surface area contributed by atoms with Crippen LogP contribution in [0.2, 0.25) is 0 Å². The van der Waals surface area contributed by atoms with E-state index in [0.717, 1.165) is 17.8 Å². The summed E-state index contributed by atoms with van der Waals surface area (Å²) < 4.78 is 5.34. The molecule has 1 aliphatic rings. The predicted octanol–water partition coefficient (Wildman–Crippen LogP) is 2.89. The molecule has 5 nitrogen and oxygen atoms in total. The van der Waals surface area contributed by atoms with Crippen molar-refractivity contribution in [3.63, 3.8) is 0 Å². The normalized spacial score (nSPS) is 14.8. The monoisotopic (exact) mass is 275 g/mol. The van der Waals surface area contributed by atoms with Crippen LogP contribution in [-0.4, -0.2) is 39.7 Å². The molecule has 1 aromatic rings. The third-order valence-electron chi connectivity index (χ3n) is 3.03. The molecule has 2 rings (SSSR count). The van der Waals surface area contributed by atoms with Crippen LogP contribution in [0, 0.1) is 0 Å². The van der Waals surface area contributed by atoms with Gasteiger partial charge in [0.2, 0.25) is 0 Å². The molecule has 108 valence electrons.